The Hall–Kier alpha value is -1.91. The molecular formula is C17H19FN2O. The second kappa shape index (κ2) is 6.24. The van der Waals surface area contributed by atoms with E-state index in [0.29, 0.717) is 19.7 Å². The molecule has 0 saturated carbocycles. The predicted molar refractivity (Wildman–Crippen MR) is 80.3 cm³/mol. The molecule has 0 saturated heterocycles. The van der Waals surface area contributed by atoms with Crippen LogP contribution in [0.5, 0.6) is 5.75 Å². The van der Waals surface area contributed by atoms with Crippen molar-refractivity contribution in [3.63, 3.8) is 0 Å². The summed E-state index contributed by atoms with van der Waals surface area (Å²) < 4.78 is 19.2. The van der Waals surface area contributed by atoms with Crippen molar-refractivity contribution in [1.82, 2.24) is 4.90 Å². The molecule has 0 unspecified atom stereocenters. The van der Waals surface area contributed by atoms with Gasteiger partial charge in [-0.1, -0.05) is 24.3 Å². The molecule has 0 radical (unpaired) electrons. The number of fused-ring (bicyclic) bond motifs is 1. The SMILES string of the molecule is NCc1ccc(F)cc1CN1CCOc2ccccc2C1. The fourth-order valence-corrected chi connectivity index (χ4v) is 2.70. The van der Waals surface area contributed by atoms with E-state index in [9.17, 15) is 4.39 Å². The van der Waals surface area contributed by atoms with Gasteiger partial charge in [0.1, 0.15) is 18.2 Å². The topological polar surface area (TPSA) is 38.5 Å². The van der Waals surface area contributed by atoms with E-state index in [-0.39, 0.29) is 5.82 Å². The zero-order valence-corrected chi connectivity index (χ0v) is 11.9. The molecule has 2 N–H and O–H groups in total. The van der Waals surface area contributed by atoms with E-state index >= 15 is 0 Å². The molecule has 4 heteroatoms. The summed E-state index contributed by atoms with van der Waals surface area (Å²) in [7, 11) is 0. The highest BCUT2D eigenvalue weighted by molar-refractivity contribution is 5.34. The summed E-state index contributed by atoms with van der Waals surface area (Å²) in [5.74, 6) is 0.729. The summed E-state index contributed by atoms with van der Waals surface area (Å²) in [6, 6.07) is 12.9. The monoisotopic (exact) mass is 286 g/mol. The molecule has 1 aliphatic rings. The summed E-state index contributed by atoms with van der Waals surface area (Å²) >= 11 is 0. The molecule has 0 bridgehead atoms. The Morgan fingerprint density at radius 3 is 2.86 bits per heavy atom. The van der Waals surface area contributed by atoms with E-state index in [1.165, 1.54) is 11.6 Å². The van der Waals surface area contributed by atoms with E-state index in [2.05, 4.69) is 11.0 Å². The van der Waals surface area contributed by atoms with Gasteiger partial charge < -0.3 is 10.5 Å². The van der Waals surface area contributed by atoms with Crippen LogP contribution in [0.15, 0.2) is 42.5 Å². The number of rotatable bonds is 3. The Morgan fingerprint density at radius 2 is 2.00 bits per heavy atom. The van der Waals surface area contributed by atoms with Crippen LogP contribution in [-0.2, 0) is 19.6 Å². The zero-order chi connectivity index (χ0) is 14.7. The maximum Gasteiger partial charge on any atom is 0.123 e. The third-order valence-electron chi connectivity index (χ3n) is 3.81. The van der Waals surface area contributed by atoms with Crippen LogP contribution in [0.1, 0.15) is 16.7 Å². The van der Waals surface area contributed by atoms with E-state index in [4.69, 9.17) is 10.5 Å². The van der Waals surface area contributed by atoms with Crippen LogP contribution < -0.4 is 10.5 Å². The highest BCUT2D eigenvalue weighted by Crippen LogP contribution is 2.24. The highest BCUT2D eigenvalue weighted by atomic mass is 19.1. The number of hydrogen-bond acceptors (Lipinski definition) is 3. The van der Waals surface area contributed by atoms with Gasteiger partial charge in [0.25, 0.3) is 0 Å². The molecule has 1 aliphatic heterocycles. The molecule has 21 heavy (non-hydrogen) atoms. The number of benzene rings is 2. The molecule has 0 spiro atoms. The lowest BCUT2D eigenvalue weighted by molar-refractivity contribution is 0.219. The predicted octanol–water partition coefficient (Wildman–Crippen LogP) is 2.68. The van der Waals surface area contributed by atoms with Gasteiger partial charge in [0.05, 0.1) is 0 Å². The fraction of sp³-hybridized carbons (Fsp3) is 0.294. The van der Waals surface area contributed by atoms with Crippen LogP contribution >= 0.6 is 0 Å². The standard InChI is InChI=1S/C17H19FN2O/c18-16-6-5-13(10-19)15(9-16)12-20-7-8-21-17-4-2-1-3-14(17)11-20/h1-6,9H,7-8,10-12,19H2. The van der Waals surface area contributed by atoms with Gasteiger partial charge in [-0.3, -0.25) is 4.90 Å². The van der Waals surface area contributed by atoms with Gasteiger partial charge in [0, 0.05) is 31.7 Å². The number of ether oxygens (including phenoxy) is 1. The largest absolute Gasteiger partial charge is 0.492 e. The minimum atomic E-state index is -0.214. The Morgan fingerprint density at radius 1 is 1.14 bits per heavy atom. The molecule has 3 rings (SSSR count). The maximum atomic E-state index is 13.5. The van der Waals surface area contributed by atoms with Crippen LogP contribution in [0.25, 0.3) is 0 Å². The Labute approximate surface area is 124 Å². The van der Waals surface area contributed by atoms with Gasteiger partial charge in [-0.25, -0.2) is 4.39 Å². The third kappa shape index (κ3) is 3.23. The number of hydrogen-bond donors (Lipinski definition) is 1. The van der Waals surface area contributed by atoms with E-state index in [1.807, 2.05) is 18.2 Å². The fourth-order valence-electron chi connectivity index (χ4n) is 2.70. The molecule has 1 heterocycles. The van der Waals surface area contributed by atoms with Crippen molar-refractivity contribution >= 4 is 0 Å². The molecule has 0 amide bonds. The normalized spacial score (nSPS) is 15.1. The van der Waals surface area contributed by atoms with Gasteiger partial charge in [0.2, 0.25) is 0 Å². The molecule has 0 aliphatic carbocycles. The minimum absolute atomic E-state index is 0.214. The first kappa shape index (κ1) is 14.0. The second-order valence-electron chi connectivity index (χ2n) is 5.28. The molecular weight excluding hydrogens is 267 g/mol. The molecule has 0 fully saturated rings. The molecule has 2 aromatic rings. The van der Waals surface area contributed by atoms with Gasteiger partial charge in [-0.05, 0) is 29.3 Å². The van der Waals surface area contributed by atoms with Crippen molar-refractivity contribution in [1.29, 1.82) is 0 Å². The quantitative estimate of drug-likeness (QED) is 0.943. The average Bonchev–Trinajstić information content (AvgIpc) is 2.69. The van der Waals surface area contributed by atoms with Crippen LogP contribution in [0.4, 0.5) is 4.39 Å². The Kier molecular flexibility index (Phi) is 4.18. The summed E-state index contributed by atoms with van der Waals surface area (Å²) in [4.78, 5) is 2.26. The van der Waals surface area contributed by atoms with Crippen LogP contribution in [-0.4, -0.2) is 18.1 Å². The molecule has 2 aromatic carbocycles. The molecule has 3 nitrogen and oxygen atoms in total. The summed E-state index contributed by atoms with van der Waals surface area (Å²) in [6.07, 6.45) is 0. The van der Waals surface area contributed by atoms with Crippen LogP contribution in [0.3, 0.4) is 0 Å². The molecule has 110 valence electrons. The lowest BCUT2D eigenvalue weighted by atomic mass is 10.1. The van der Waals surface area contributed by atoms with Crippen molar-refractivity contribution in [2.24, 2.45) is 5.73 Å². The minimum Gasteiger partial charge on any atom is -0.492 e. The van der Waals surface area contributed by atoms with E-state index in [1.54, 1.807) is 12.1 Å². The smallest absolute Gasteiger partial charge is 0.123 e. The van der Waals surface area contributed by atoms with Gasteiger partial charge >= 0.3 is 0 Å². The number of nitrogens with two attached hydrogens (primary N) is 1. The zero-order valence-electron chi connectivity index (χ0n) is 11.9. The van der Waals surface area contributed by atoms with Crippen molar-refractivity contribution in [2.75, 3.05) is 13.2 Å². The molecule has 0 atom stereocenters. The van der Waals surface area contributed by atoms with Gasteiger partial charge in [0.15, 0.2) is 0 Å². The molecule has 0 aromatic heterocycles. The van der Waals surface area contributed by atoms with E-state index in [0.717, 1.165) is 30.0 Å². The first-order chi connectivity index (χ1) is 10.3. The van der Waals surface area contributed by atoms with Crippen molar-refractivity contribution in [3.05, 3.63) is 65.0 Å². The average molecular weight is 286 g/mol. The van der Waals surface area contributed by atoms with Crippen molar-refractivity contribution in [3.8, 4) is 5.75 Å². The number of para-hydroxylation sites is 1. The van der Waals surface area contributed by atoms with Crippen LogP contribution in [0, 0.1) is 5.82 Å². The van der Waals surface area contributed by atoms with Crippen molar-refractivity contribution in [2.45, 2.75) is 19.6 Å². The van der Waals surface area contributed by atoms with Gasteiger partial charge in [-0.2, -0.15) is 0 Å². The lowest BCUT2D eigenvalue weighted by Crippen LogP contribution is -2.26. The van der Waals surface area contributed by atoms with E-state index < -0.39 is 0 Å². The lowest BCUT2D eigenvalue weighted by Gasteiger charge is -2.21. The maximum absolute atomic E-state index is 13.5. The Bertz CT molecular complexity index is 630. The Balaban J connectivity index is 1.81. The summed E-state index contributed by atoms with van der Waals surface area (Å²) in [5.41, 5.74) is 8.87. The van der Waals surface area contributed by atoms with Gasteiger partial charge in [-0.15, -0.1) is 0 Å². The summed E-state index contributed by atoms with van der Waals surface area (Å²) in [5, 5.41) is 0. The highest BCUT2D eigenvalue weighted by Gasteiger charge is 2.16. The first-order valence-corrected chi connectivity index (χ1v) is 7.16. The number of nitrogens with zero attached hydrogens (tertiary/aromatic N) is 1. The number of halogens is 1. The first-order valence-electron chi connectivity index (χ1n) is 7.16. The third-order valence-corrected chi connectivity index (χ3v) is 3.81. The van der Waals surface area contributed by atoms with Crippen LogP contribution in [0.2, 0.25) is 0 Å². The second-order valence-corrected chi connectivity index (χ2v) is 5.28. The summed E-state index contributed by atoms with van der Waals surface area (Å²) in [6.45, 7) is 3.37. The van der Waals surface area contributed by atoms with Crippen molar-refractivity contribution < 1.29 is 9.13 Å².